The maximum absolute atomic E-state index is 11.0. The highest BCUT2D eigenvalue weighted by Crippen LogP contribution is 2.28. The van der Waals surface area contributed by atoms with Gasteiger partial charge in [-0.2, -0.15) is 0 Å². The van der Waals surface area contributed by atoms with Gasteiger partial charge in [0.25, 0.3) is 0 Å². The predicted molar refractivity (Wildman–Crippen MR) is 62.8 cm³/mol. The third kappa shape index (κ3) is 3.31. The van der Waals surface area contributed by atoms with Crippen LogP contribution in [0.3, 0.4) is 0 Å². The maximum atomic E-state index is 11.0. The van der Waals surface area contributed by atoms with Crippen LogP contribution >= 0.6 is 0 Å². The van der Waals surface area contributed by atoms with Gasteiger partial charge in [0.2, 0.25) is 5.88 Å². The highest BCUT2D eigenvalue weighted by molar-refractivity contribution is 5.69. The number of nitrogens with two attached hydrogens (primary N) is 1. The van der Waals surface area contributed by atoms with E-state index in [0.717, 1.165) is 0 Å². The Bertz CT molecular complexity index is 424. The zero-order chi connectivity index (χ0) is 13.7. The fourth-order valence-corrected chi connectivity index (χ4v) is 1.44. The lowest BCUT2D eigenvalue weighted by atomic mass is 10.0. The van der Waals surface area contributed by atoms with Crippen molar-refractivity contribution in [1.82, 2.24) is 4.98 Å². The number of pyridine rings is 1. The van der Waals surface area contributed by atoms with Crippen LogP contribution in [0.25, 0.3) is 0 Å². The summed E-state index contributed by atoms with van der Waals surface area (Å²) in [6, 6.07) is 1.43. The van der Waals surface area contributed by atoms with Crippen molar-refractivity contribution in [2.24, 2.45) is 0 Å². The van der Waals surface area contributed by atoms with Crippen LogP contribution in [0.5, 0.6) is 5.88 Å². The van der Waals surface area contributed by atoms with E-state index in [1.54, 1.807) is 0 Å². The molecule has 1 aromatic heterocycles. The maximum Gasteiger partial charge on any atom is 0.308 e. The molecule has 1 aromatic rings. The Kier molecular flexibility index (Phi) is 4.87. The number of aromatic nitrogens is 1. The van der Waals surface area contributed by atoms with E-state index in [1.807, 2.05) is 0 Å². The highest BCUT2D eigenvalue weighted by atomic mass is 16.5. The van der Waals surface area contributed by atoms with Crippen molar-refractivity contribution in [3.63, 3.8) is 0 Å². The first-order valence-electron chi connectivity index (χ1n) is 5.22. The summed E-state index contributed by atoms with van der Waals surface area (Å²) in [7, 11) is 2.57. The van der Waals surface area contributed by atoms with Gasteiger partial charge in [-0.3, -0.25) is 4.79 Å². The van der Waals surface area contributed by atoms with Gasteiger partial charge in [0, 0.05) is 5.56 Å². The Morgan fingerprint density at radius 2 is 2.17 bits per heavy atom. The molecule has 0 radical (unpaired) electrons. The Labute approximate surface area is 104 Å². The fourth-order valence-electron chi connectivity index (χ4n) is 1.44. The molecule has 1 rings (SSSR count). The van der Waals surface area contributed by atoms with Gasteiger partial charge in [-0.1, -0.05) is 0 Å². The number of esters is 1. The fraction of sp³-hybridized carbons (Fsp3) is 0.455. The molecule has 0 aliphatic heterocycles. The molecule has 0 spiro atoms. The quantitative estimate of drug-likeness (QED) is 0.615. The molecule has 0 aliphatic carbocycles. The molecule has 2 atom stereocenters. The van der Waals surface area contributed by atoms with E-state index in [4.69, 9.17) is 10.5 Å². The third-order valence-electron chi connectivity index (χ3n) is 2.38. The van der Waals surface area contributed by atoms with Crippen LogP contribution in [0, 0.1) is 0 Å². The van der Waals surface area contributed by atoms with Gasteiger partial charge in [0.05, 0.1) is 38.6 Å². The molecule has 0 amide bonds. The molecule has 0 fully saturated rings. The molecule has 0 saturated carbocycles. The summed E-state index contributed by atoms with van der Waals surface area (Å²) in [5.41, 5.74) is 6.08. The number of ether oxygens (including phenoxy) is 2. The summed E-state index contributed by atoms with van der Waals surface area (Å²) in [5.74, 6) is -0.488. The molecule has 1 heterocycles. The standard InChI is InChI=1S/C11H16N2O5/c1-17-9(15)4-8(14)10(16)7-3-6(12)5-13-11(7)18-2/h3,5,8,10,14,16H,4,12H2,1-2H3. The van der Waals surface area contributed by atoms with Crippen LogP contribution in [0.4, 0.5) is 5.69 Å². The zero-order valence-corrected chi connectivity index (χ0v) is 10.2. The van der Waals surface area contributed by atoms with Crippen molar-refractivity contribution in [3.8, 4) is 5.88 Å². The second-order valence-electron chi connectivity index (χ2n) is 3.66. The first kappa shape index (κ1) is 14.2. The molecular weight excluding hydrogens is 240 g/mol. The van der Waals surface area contributed by atoms with Gasteiger partial charge in [0.1, 0.15) is 6.10 Å². The van der Waals surface area contributed by atoms with Gasteiger partial charge in [0.15, 0.2) is 0 Å². The van der Waals surface area contributed by atoms with E-state index >= 15 is 0 Å². The van der Waals surface area contributed by atoms with Crippen LogP contribution in [-0.2, 0) is 9.53 Å². The molecule has 4 N–H and O–H groups in total. The molecule has 0 aromatic carbocycles. The van der Waals surface area contributed by atoms with E-state index in [-0.39, 0.29) is 17.9 Å². The smallest absolute Gasteiger partial charge is 0.308 e. The summed E-state index contributed by atoms with van der Waals surface area (Å²) < 4.78 is 9.35. The number of aliphatic hydroxyl groups is 2. The van der Waals surface area contributed by atoms with Gasteiger partial charge >= 0.3 is 5.97 Å². The Balaban J connectivity index is 2.91. The number of hydrogen-bond acceptors (Lipinski definition) is 7. The number of nitrogens with zero attached hydrogens (tertiary/aromatic N) is 1. The van der Waals surface area contributed by atoms with Gasteiger partial charge in [-0.25, -0.2) is 4.98 Å². The Morgan fingerprint density at radius 1 is 1.50 bits per heavy atom. The lowest BCUT2D eigenvalue weighted by Gasteiger charge is -2.19. The topological polar surface area (TPSA) is 115 Å². The number of methoxy groups -OCH3 is 2. The van der Waals surface area contributed by atoms with E-state index in [9.17, 15) is 15.0 Å². The van der Waals surface area contributed by atoms with Crippen molar-refractivity contribution in [2.75, 3.05) is 20.0 Å². The van der Waals surface area contributed by atoms with Crippen molar-refractivity contribution in [3.05, 3.63) is 17.8 Å². The summed E-state index contributed by atoms with van der Waals surface area (Å²) >= 11 is 0. The number of carbonyl (C=O) groups excluding carboxylic acids is 1. The average Bonchev–Trinajstić information content (AvgIpc) is 2.37. The molecule has 0 saturated heterocycles. The summed E-state index contributed by atoms with van der Waals surface area (Å²) in [6.45, 7) is 0. The van der Waals surface area contributed by atoms with Crippen molar-refractivity contribution in [1.29, 1.82) is 0 Å². The lowest BCUT2D eigenvalue weighted by Crippen LogP contribution is -2.23. The number of aliphatic hydroxyl groups excluding tert-OH is 2. The van der Waals surface area contributed by atoms with Crippen LogP contribution in [0.1, 0.15) is 18.1 Å². The summed E-state index contributed by atoms with van der Waals surface area (Å²) in [6.07, 6.45) is -1.64. The minimum atomic E-state index is -1.34. The predicted octanol–water partition coefficient (Wildman–Crippen LogP) is -0.370. The molecule has 7 heteroatoms. The first-order chi connectivity index (χ1) is 8.49. The van der Waals surface area contributed by atoms with Crippen molar-refractivity contribution in [2.45, 2.75) is 18.6 Å². The van der Waals surface area contributed by atoms with Gasteiger partial charge < -0.3 is 25.4 Å². The molecular formula is C11H16N2O5. The van der Waals surface area contributed by atoms with Crippen molar-refractivity contribution >= 4 is 11.7 Å². The van der Waals surface area contributed by atoms with Gasteiger partial charge in [-0.05, 0) is 6.07 Å². The second kappa shape index (κ2) is 6.18. The van der Waals surface area contributed by atoms with Crippen LogP contribution in [-0.4, -0.2) is 41.5 Å². The Hall–Kier alpha value is -1.86. The van der Waals surface area contributed by atoms with Crippen molar-refractivity contribution < 1.29 is 24.5 Å². The minimum Gasteiger partial charge on any atom is -0.481 e. The number of carbonyl (C=O) groups is 1. The van der Waals surface area contributed by atoms with E-state index < -0.39 is 18.2 Å². The van der Waals surface area contributed by atoms with Crippen LogP contribution in [0.2, 0.25) is 0 Å². The monoisotopic (exact) mass is 256 g/mol. The number of rotatable bonds is 5. The largest absolute Gasteiger partial charge is 0.481 e. The first-order valence-corrected chi connectivity index (χ1v) is 5.22. The lowest BCUT2D eigenvalue weighted by molar-refractivity contribution is -0.144. The van der Waals surface area contributed by atoms with E-state index in [1.165, 1.54) is 26.5 Å². The summed E-state index contributed by atoms with van der Waals surface area (Å²) in [5, 5.41) is 19.6. The van der Waals surface area contributed by atoms with Gasteiger partial charge in [-0.15, -0.1) is 0 Å². The second-order valence-corrected chi connectivity index (χ2v) is 3.66. The van der Waals surface area contributed by atoms with Crippen LogP contribution in [0.15, 0.2) is 12.3 Å². The highest BCUT2D eigenvalue weighted by Gasteiger charge is 2.25. The molecule has 0 bridgehead atoms. The van der Waals surface area contributed by atoms with E-state index in [0.29, 0.717) is 5.69 Å². The number of hydrogen-bond donors (Lipinski definition) is 3. The normalized spacial score (nSPS) is 13.8. The average molecular weight is 256 g/mol. The molecule has 18 heavy (non-hydrogen) atoms. The molecule has 7 nitrogen and oxygen atoms in total. The Morgan fingerprint density at radius 3 is 2.72 bits per heavy atom. The molecule has 2 unspecified atom stereocenters. The molecule has 100 valence electrons. The number of anilines is 1. The SMILES string of the molecule is COC(=O)CC(O)C(O)c1cc(N)cnc1OC. The summed E-state index contributed by atoms with van der Waals surface area (Å²) in [4.78, 5) is 14.9. The molecule has 0 aliphatic rings. The zero-order valence-electron chi connectivity index (χ0n) is 10.2. The minimum absolute atomic E-state index is 0.139. The van der Waals surface area contributed by atoms with E-state index in [2.05, 4.69) is 9.72 Å². The van der Waals surface area contributed by atoms with Crippen LogP contribution < -0.4 is 10.5 Å². The third-order valence-corrected chi connectivity index (χ3v) is 2.38. The number of nitrogen functional groups attached to an aromatic ring is 1.